The molecule has 2 aliphatic rings. The van der Waals surface area contributed by atoms with Gasteiger partial charge in [0.1, 0.15) is 0 Å². The number of hydrogen-bond acceptors (Lipinski definition) is 5. The highest BCUT2D eigenvalue weighted by Crippen LogP contribution is 2.41. The molecular weight excluding hydrogens is 314 g/mol. The van der Waals surface area contributed by atoms with Crippen LogP contribution in [0.5, 0.6) is 0 Å². The van der Waals surface area contributed by atoms with E-state index in [2.05, 4.69) is 20.4 Å². The van der Waals surface area contributed by atoms with Crippen molar-refractivity contribution in [2.24, 2.45) is 5.92 Å². The van der Waals surface area contributed by atoms with Crippen LogP contribution in [0.2, 0.25) is 0 Å². The van der Waals surface area contributed by atoms with Crippen LogP contribution in [0.25, 0.3) is 5.69 Å². The first-order valence-corrected chi connectivity index (χ1v) is 9.44. The van der Waals surface area contributed by atoms with Crippen molar-refractivity contribution in [3.8, 4) is 5.69 Å². The fourth-order valence-electron chi connectivity index (χ4n) is 4.71. The van der Waals surface area contributed by atoms with Crippen LogP contribution in [0.1, 0.15) is 51.3 Å². The molecule has 1 saturated carbocycles. The molecule has 2 fully saturated rings. The van der Waals surface area contributed by atoms with E-state index in [1.807, 2.05) is 41.9 Å². The first-order chi connectivity index (χ1) is 12.1. The minimum Gasteiger partial charge on any atom is -0.390 e. The number of benzene rings is 1. The van der Waals surface area contributed by atoms with Gasteiger partial charge in [-0.15, -0.1) is 5.10 Å². The average Bonchev–Trinajstić information content (AvgIpc) is 3.25. The maximum atomic E-state index is 10.9. The number of aliphatic hydroxyl groups is 1. The summed E-state index contributed by atoms with van der Waals surface area (Å²) in [5, 5.41) is 23.2. The average molecular weight is 341 g/mol. The lowest BCUT2D eigenvalue weighted by atomic mass is 9.72. The molecule has 1 aromatic heterocycles. The van der Waals surface area contributed by atoms with E-state index in [0.29, 0.717) is 12.0 Å². The van der Waals surface area contributed by atoms with Crippen LogP contribution < -0.4 is 0 Å². The summed E-state index contributed by atoms with van der Waals surface area (Å²) in [6.45, 7) is 3.82. The molecule has 2 aromatic rings. The Morgan fingerprint density at radius 1 is 1.16 bits per heavy atom. The molecular formula is C19H27N5O. The standard InChI is InChI=1S/C19H27N5O/c1-19(25)12-6-5-10-16(19)17-11-7-13-23(17)14-18-20-21-22-24(18)15-8-3-2-4-9-15/h2-4,8-9,16-17,25H,5-7,10-14H2,1H3/t16-,17+,19-/m0/s1. The molecule has 1 aliphatic heterocycles. The zero-order chi connectivity index (χ0) is 17.3. The fraction of sp³-hybridized carbons (Fsp3) is 0.632. The van der Waals surface area contributed by atoms with Crippen molar-refractivity contribution < 1.29 is 5.11 Å². The van der Waals surface area contributed by atoms with Gasteiger partial charge in [-0.05, 0) is 61.7 Å². The Morgan fingerprint density at radius 2 is 2.00 bits per heavy atom. The van der Waals surface area contributed by atoms with Crippen LogP contribution in [-0.2, 0) is 6.54 Å². The number of tetrazole rings is 1. The van der Waals surface area contributed by atoms with E-state index in [9.17, 15) is 5.11 Å². The quantitative estimate of drug-likeness (QED) is 0.926. The predicted molar refractivity (Wildman–Crippen MR) is 95.2 cm³/mol. The highest BCUT2D eigenvalue weighted by Gasteiger charge is 2.43. The minimum absolute atomic E-state index is 0.352. The summed E-state index contributed by atoms with van der Waals surface area (Å²) >= 11 is 0. The maximum absolute atomic E-state index is 10.9. The SMILES string of the molecule is C[C@]1(O)CCCC[C@H]1[C@H]1CCCN1Cc1nnnn1-c1ccccc1. The molecule has 4 rings (SSSR count). The van der Waals surface area contributed by atoms with Gasteiger partial charge in [0.25, 0.3) is 0 Å². The van der Waals surface area contributed by atoms with Gasteiger partial charge in [-0.3, -0.25) is 4.90 Å². The summed E-state index contributed by atoms with van der Waals surface area (Å²) in [5.74, 6) is 1.22. The molecule has 25 heavy (non-hydrogen) atoms. The Labute approximate surface area is 148 Å². The van der Waals surface area contributed by atoms with Gasteiger partial charge in [-0.2, -0.15) is 4.68 Å². The van der Waals surface area contributed by atoms with E-state index < -0.39 is 5.60 Å². The summed E-state index contributed by atoms with van der Waals surface area (Å²) in [5.41, 5.74) is 0.444. The summed E-state index contributed by atoms with van der Waals surface area (Å²) in [6.07, 6.45) is 6.76. The molecule has 0 bridgehead atoms. The van der Waals surface area contributed by atoms with Gasteiger partial charge in [-0.1, -0.05) is 31.0 Å². The molecule has 0 unspecified atom stereocenters. The van der Waals surface area contributed by atoms with Crippen molar-refractivity contribution in [3.63, 3.8) is 0 Å². The molecule has 0 radical (unpaired) electrons. The molecule has 1 N–H and O–H groups in total. The molecule has 134 valence electrons. The van der Waals surface area contributed by atoms with Gasteiger partial charge in [-0.25, -0.2) is 0 Å². The lowest BCUT2D eigenvalue weighted by Gasteiger charge is -2.43. The maximum Gasteiger partial charge on any atom is 0.170 e. The first kappa shape index (κ1) is 16.7. The molecule has 6 heteroatoms. The second-order valence-electron chi connectivity index (χ2n) is 7.73. The number of nitrogens with zero attached hydrogens (tertiary/aromatic N) is 5. The van der Waals surface area contributed by atoms with Crippen molar-refractivity contribution in [2.45, 2.75) is 63.6 Å². The second kappa shape index (κ2) is 6.84. The third kappa shape index (κ3) is 3.33. The zero-order valence-electron chi connectivity index (χ0n) is 14.9. The van der Waals surface area contributed by atoms with Crippen molar-refractivity contribution in [1.29, 1.82) is 0 Å². The Balaban J connectivity index is 1.54. The Hall–Kier alpha value is -1.79. The van der Waals surface area contributed by atoms with E-state index in [-0.39, 0.29) is 0 Å². The normalized spacial score (nSPS) is 30.6. The Bertz CT molecular complexity index is 699. The number of aromatic nitrogens is 4. The van der Waals surface area contributed by atoms with Crippen molar-refractivity contribution in [2.75, 3.05) is 6.54 Å². The van der Waals surface area contributed by atoms with Gasteiger partial charge < -0.3 is 5.11 Å². The highest BCUT2D eigenvalue weighted by atomic mass is 16.3. The molecule has 0 amide bonds. The van der Waals surface area contributed by atoms with Gasteiger partial charge >= 0.3 is 0 Å². The molecule has 6 nitrogen and oxygen atoms in total. The third-order valence-corrected chi connectivity index (χ3v) is 6.00. The molecule has 1 aromatic carbocycles. The lowest BCUT2D eigenvalue weighted by molar-refractivity contribution is -0.0631. The molecule has 1 aliphatic carbocycles. The predicted octanol–water partition coefficient (Wildman–Crippen LogP) is 2.57. The van der Waals surface area contributed by atoms with Gasteiger partial charge in [0.15, 0.2) is 5.82 Å². The lowest BCUT2D eigenvalue weighted by Crippen LogP contribution is -2.48. The number of rotatable bonds is 4. The minimum atomic E-state index is -0.545. The smallest absolute Gasteiger partial charge is 0.170 e. The van der Waals surface area contributed by atoms with Gasteiger partial charge in [0, 0.05) is 12.0 Å². The first-order valence-electron chi connectivity index (χ1n) is 9.44. The van der Waals surface area contributed by atoms with Crippen LogP contribution in [0.4, 0.5) is 0 Å². The number of likely N-dealkylation sites (tertiary alicyclic amines) is 1. The van der Waals surface area contributed by atoms with E-state index in [1.165, 1.54) is 12.8 Å². The summed E-state index contributed by atoms with van der Waals surface area (Å²) < 4.78 is 1.83. The number of para-hydroxylation sites is 1. The molecule has 1 saturated heterocycles. The Kier molecular flexibility index (Phi) is 4.56. The topological polar surface area (TPSA) is 67.1 Å². The van der Waals surface area contributed by atoms with Gasteiger partial charge in [0.2, 0.25) is 0 Å². The number of hydrogen-bond donors (Lipinski definition) is 1. The van der Waals surface area contributed by atoms with Crippen LogP contribution in [0.15, 0.2) is 30.3 Å². The van der Waals surface area contributed by atoms with Crippen LogP contribution in [-0.4, -0.2) is 48.4 Å². The van der Waals surface area contributed by atoms with Crippen LogP contribution >= 0.6 is 0 Å². The van der Waals surface area contributed by atoms with Crippen molar-refractivity contribution in [3.05, 3.63) is 36.2 Å². The summed E-state index contributed by atoms with van der Waals surface area (Å²) in [6, 6.07) is 10.5. The van der Waals surface area contributed by atoms with E-state index in [1.54, 1.807) is 0 Å². The largest absolute Gasteiger partial charge is 0.390 e. The molecule has 2 heterocycles. The highest BCUT2D eigenvalue weighted by molar-refractivity contribution is 5.30. The molecule has 0 spiro atoms. The third-order valence-electron chi connectivity index (χ3n) is 6.00. The van der Waals surface area contributed by atoms with Crippen LogP contribution in [0, 0.1) is 5.92 Å². The van der Waals surface area contributed by atoms with Crippen molar-refractivity contribution in [1.82, 2.24) is 25.1 Å². The van der Waals surface area contributed by atoms with Gasteiger partial charge in [0.05, 0.1) is 17.8 Å². The Morgan fingerprint density at radius 3 is 2.80 bits per heavy atom. The summed E-state index contributed by atoms with van der Waals surface area (Å²) in [7, 11) is 0. The monoisotopic (exact) mass is 341 g/mol. The zero-order valence-corrected chi connectivity index (χ0v) is 14.9. The van der Waals surface area contributed by atoms with E-state index >= 15 is 0 Å². The van der Waals surface area contributed by atoms with E-state index in [4.69, 9.17) is 0 Å². The van der Waals surface area contributed by atoms with E-state index in [0.717, 1.165) is 50.3 Å². The van der Waals surface area contributed by atoms with Crippen LogP contribution in [0.3, 0.4) is 0 Å². The summed E-state index contributed by atoms with van der Waals surface area (Å²) in [4.78, 5) is 2.48. The fourth-order valence-corrected chi connectivity index (χ4v) is 4.71. The second-order valence-corrected chi connectivity index (χ2v) is 7.73. The molecule has 3 atom stereocenters. The van der Waals surface area contributed by atoms with Crippen molar-refractivity contribution >= 4 is 0 Å².